The quantitative estimate of drug-likeness (QED) is 0.587. The van der Waals surface area contributed by atoms with Gasteiger partial charge in [0.2, 0.25) is 0 Å². The summed E-state index contributed by atoms with van der Waals surface area (Å²) in [6.45, 7) is 2.03. The van der Waals surface area contributed by atoms with Crippen molar-refractivity contribution in [3.63, 3.8) is 0 Å². The zero-order valence-corrected chi connectivity index (χ0v) is 11.4. The first-order chi connectivity index (χ1) is 9.15. The van der Waals surface area contributed by atoms with E-state index in [4.69, 9.17) is 11.6 Å². The Morgan fingerprint density at radius 1 is 1.05 bits per heavy atom. The molecule has 0 bridgehead atoms. The minimum Gasteiger partial charge on any atom is -0.293 e. The van der Waals surface area contributed by atoms with E-state index in [2.05, 4.69) is 11.8 Å². The average molecular weight is 269 g/mol. The van der Waals surface area contributed by atoms with Crippen LogP contribution in [0, 0.1) is 18.8 Å². The highest BCUT2D eigenvalue weighted by Gasteiger charge is 2.02. The van der Waals surface area contributed by atoms with Crippen LogP contribution < -0.4 is 0 Å². The van der Waals surface area contributed by atoms with Crippen molar-refractivity contribution in [1.29, 1.82) is 0 Å². The minimum absolute atomic E-state index is 0.0104. The molecular formula is C17H13ClO. The van der Waals surface area contributed by atoms with E-state index < -0.39 is 0 Å². The number of carbonyl (C=O) groups is 1. The van der Waals surface area contributed by atoms with Crippen molar-refractivity contribution in [3.8, 4) is 11.8 Å². The van der Waals surface area contributed by atoms with Crippen LogP contribution in [0.2, 0.25) is 5.02 Å². The predicted octanol–water partition coefficient (Wildman–Crippen LogP) is 4.27. The number of hydrogen-bond donors (Lipinski definition) is 0. The molecule has 0 aliphatic rings. The summed E-state index contributed by atoms with van der Waals surface area (Å²) >= 11 is 5.77. The lowest BCUT2D eigenvalue weighted by Crippen LogP contribution is -1.96. The van der Waals surface area contributed by atoms with E-state index in [1.54, 1.807) is 24.3 Å². The van der Waals surface area contributed by atoms with E-state index in [1.165, 1.54) is 5.56 Å². The Morgan fingerprint density at radius 3 is 2.32 bits per heavy atom. The summed E-state index contributed by atoms with van der Waals surface area (Å²) < 4.78 is 0. The van der Waals surface area contributed by atoms with Crippen molar-refractivity contribution >= 4 is 17.4 Å². The summed E-state index contributed by atoms with van der Waals surface area (Å²) in [6.07, 6.45) is 0.218. The molecule has 0 atom stereocenters. The van der Waals surface area contributed by atoms with E-state index in [0.717, 1.165) is 5.56 Å². The highest BCUT2D eigenvalue weighted by Crippen LogP contribution is 2.11. The number of Topliss-reactive ketones (excluding diaryl/α,β-unsaturated/α-hetero) is 1. The lowest BCUT2D eigenvalue weighted by atomic mass is 10.1. The van der Waals surface area contributed by atoms with Crippen LogP contribution >= 0.6 is 11.6 Å². The molecule has 0 heterocycles. The van der Waals surface area contributed by atoms with Gasteiger partial charge in [-0.3, -0.25) is 4.79 Å². The second kappa shape index (κ2) is 6.22. The second-order valence-corrected chi connectivity index (χ2v) is 4.71. The molecular weight excluding hydrogens is 256 g/mol. The van der Waals surface area contributed by atoms with Gasteiger partial charge < -0.3 is 0 Å². The molecule has 0 N–H and O–H groups in total. The van der Waals surface area contributed by atoms with Crippen LogP contribution in [0.1, 0.15) is 27.9 Å². The normalized spacial score (nSPS) is 9.58. The number of carbonyl (C=O) groups excluding carboxylic acids is 1. The smallest absolute Gasteiger partial charge is 0.174 e. The summed E-state index contributed by atoms with van der Waals surface area (Å²) in [6, 6.07) is 14.8. The first kappa shape index (κ1) is 13.4. The topological polar surface area (TPSA) is 17.1 Å². The van der Waals surface area contributed by atoms with Gasteiger partial charge in [-0.2, -0.15) is 0 Å². The van der Waals surface area contributed by atoms with Crippen molar-refractivity contribution in [2.24, 2.45) is 0 Å². The standard InChI is InChI=1S/C17H13ClO/c1-13-5-7-14(8-6-13)3-2-4-17(19)15-9-11-16(18)12-10-15/h5-12H,4H2,1H3. The van der Waals surface area contributed by atoms with Gasteiger partial charge in [0.1, 0.15) is 0 Å². The summed E-state index contributed by atoms with van der Waals surface area (Å²) in [5.74, 6) is 5.90. The maximum absolute atomic E-state index is 11.9. The third-order valence-corrected chi connectivity index (χ3v) is 2.95. The van der Waals surface area contributed by atoms with E-state index in [0.29, 0.717) is 10.6 Å². The van der Waals surface area contributed by atoms with Gasteiger partial charge >= 0.3 is 0 Å². The fraction of sp³-hybridized carbons (Fsp3) is 0.118. The number of hydrogen-bond acceptors (Lipinski definition) is 1. The lowest BCUT2D eigenvalue weighted by Gasteiger charge is -1.96. The molecule has 2 rings (SSSR count). The molecule has 0 amide bonds. The molecule has 0 spiro atoms. The first-order valence-corrected chi connectivity index (χ1v) is 6.37. The summed E-state index contributed by atoms with van der Waals surface area (Å²) in [5.41, 5.74) is 2.76. The van der Waals surface area contributed by atoms with Gasteiger partial charge in [-0.15, -0.1) is 0 Å². The molecule has 0 saturated heterocycles. The van der Waals surface area contributed by atoms with Crippen LogP contribution in [0.4, 0.5) is 0 Å². The highest BCUT2D eigenvalue weighted by molar-refractivity contribution is 6.30. The van der Waals surface area contributed by atoms with Gasteiger partial charge in [-0.25, -0.2) is 0 Å². The monoisotopic (exact) mass is 268 g/mol. The van der Waals surface area contributed by atoms with Gasteiger partial charge in [0, 0.05) is 16.1 Å². The zero-order chi connectivity index (χ0) is 13.7. The van der Waals surface area contributed by atoms with Gasteiger partial charge in [0.15, 0.2) is 5.78 Å². The van der Waals surface area contributed by atoms with Crippen molar-refractivity contribution in [3.05, 3.63) is 70.2 Å². The SMILES string of the molecule is Cc1ccc(C#CCC(=O)c2ccc(Cl)cc2)cc1. The molecule has 2 heteroatoms. The first-order valence-electron chi connectivity index (χ1n) is 5.99. The zero-order valence-electron chi connectivity index (χ0n) is 10.6. The molecule has 2 aromatic carbocycles. The fourth-order valence-electron chi connectivity index (χ4n) is 1.60. The predicted molar refractivity (Wildman–Crippen MR) is 78.5 cm³/mol. The molecule has 94 valence electrons. The lowest BCUT2D eigenvalue weighted by molar-refractivity contribution is 0.0998. The summed E-state index contributed by atoms with van der Waals surface area (Å²) in [5, 5.41) is 0.627. The molecule has 0 aliphatic carbocycles. The Morgan fingerprint density at radius 2 is 1.68 bits per heavy atom. The summed E-state index contributed by atoms with van der Waals surface area (Å²) in [4.78, 5) is 11.9. The van der Waals surface area contributed by atoms with E-state index in [9.17, 15) is 4.79 Å². The highest BCUT2D eigenvalue weighted by atomic mass is 35.5. The molecule has 0 fully saturated rings. The molecule has 19 heavy (non-hydrogen) atoms. The van der Waals surface area contributed by atoms with Crippen LogP contribution in [0.5, 0.6) is 0 Å². The number of ketones is 1. The van der Waals surface area contributed by atoms with E-state index >= 15 is 0 Å². The Hall–Kier alpha value is -2.04. The third kappa shape index (κ3) is 3.98. The Kier molecular flexibility index (Phi) is 4.39. The third-order valence-electron chi connectivity index (χ3n) is 2.70. The molecule has 0 aromatic heterocycles. The summed E-state index contributed by atoms with van der Waals surface area (Å²) in [7, 11) is 0. The number of halogens is 1. The van der Waals surface area contributed by atoms with E-state index in [-0.39, 0.29) is 12.2 Å². The van der Waals surface area contributed by atoms with Gasteiger partial charge in [-0.05, 0) is 43.3 Å². The molecule has 2 aromatic rings. The van der Waals surface area contributed by atoms with Crippen molar-refractivity contribution < 1.29 is 4.79 Å². The van der Waals surface area contributed by atoms with Crippen molar-refractivity contribution in [1.82, 2.24) is 0 Å². The van der Waals surface area contributed by atoms with Gasteiger partial charge in [-0.1, -0.05) is 41.1 Å². The number of benzene rings is 2. The van der Waals surface area contributed by atoms with E-state index in [1.807, 2.05) is 31.2 Å². The van der Waals surface area contributed by atoms with Gasteiger partial charge in [0.05, 0.1) is 6.42 Å². The molecule has 1 nitrogen and oxygen atoms in total. The molecule has 0 saturated carbocycles. The fourth-order valence-corrected chi connectivity index (χ4v) is 1.73. The maximum Gasteiger partial charge on any atom is 0.174 e. The Labute approximate surface area is 118 Å². The van der Waals surface area contributed by atoms with Crippen LogP contribution in [0.3, 0.4) is 0 Å². The van der Waals surface area contributed by atoms with Crippen LogP contribution in [-0.4, -0.2) is 5.78 Å². The Bertz CT molecular complexity index is 628. The van der Waals surface area contributed by atoms with Crippen molar-refractivity contribution in [2.45, 2.75) is 13.3 Å². The number of aryl methyl sites for hydroxylation is 1. The Balaban J connectivity index is 2.01. The average Bonchev–Trinajstić information content (AvgIpc) is 2.41. The maximum atomic E-state index is 11.9. The van der Waals surface area contributed by atoms with Crippen molar-refractivity contribution in [2.75, 3.05) is 0 Å². The second-order valence-electron chi connectivity index (χ2n) is 4.27. The molecule has 0 unspecified atom stereocenters. The van der Waals surface area contributed by atoms with Crippen LogP contribution in [0.25, 0.3) is 0 Å². The van der Waals surface area contributed by atoms with Crippen LogP contribution in [0.15, 0.2) is 48.5 Å². The molecule has 0 aliphatic heterocycles. The minimum atomic E-state index is 0.0104. The van der Waals surface area contributed by atoms with Crippen LogP contribution in [-0.2, 0) is 0 Å². The van der Waals surface area contributed by atoms with Gasteiger partial charge in [0.25, 0.3) is 0 Å². The largest absolute Gasteiger partial charge is 0.293 e. The molecule has 0 radical (unpaired) electrons. The number of rotatable bonds is 2.